The van der Waals surface area contributed by atoms with Crippen LogP contribution in [0.25, 0.3) is 0 Å². The smallest absolute Gasteiger partial charge is 0.335 e. The monoisotopic (exact) mass is 217 g/mol. The maximum atomic E-state index is 10.7. The molecule has 0 aliphatic carbocycles. The molecule has 0 saturated carbocycles. The molecule has 0 aliphatic rings. The molecule has 0 bridgehead atoms. The number of hydrogen-bond donors (Lipinski definition) is 2. The van der Waals surface area contributed by atoms with E-state index >= 15 is 0 Å². The van der Waals surface area contributed by atoms with Gasteiger partial charge in [0.25, 0.3) is 0 Å². The number of benzene rings is 1. The number of furan rings is 1. The number of aromatic carboxylic acids is 1. The van der Waals surface area contributed by atoms with E-state index in [1.54, 1.807) is 30.7 Å². The molecule has 1 aromatic heterocycles. The maximum Gasteiger partial charge on any atom is 0.335 e. The third-order valence-corrected chi connectivity index (χ3v) is 2.19. The van der Waals surface area contributed by atoms with Crippen LogP contribution in [0.2, 0.25) is 0 Å². The van der Waals surface area contributed by atoms with Crippen molar-refractivity contribution >= 4 is 11.7 Å². The van der Waals surface area contributed by atoms with Gasteiger partial charge in [0.05, 0.1) is 18.1 Å². The Bertz CT molecular complexity index is 477. The van der Waals surface area contributed by atoms with E-state index in [1.807, 2.05) is 12.1 Å². The Hall–Kier alpha value is -2.23. The van der Waals surface area contributed by atoms with Crippen LogP contribution < -0.4 is 5.32 Å². The quantitative estimate of drug-likeness (QED) is 0.826. The summed E-state index contributed by atoms with van der Waals surface area (Å²) in [7, 11) is 0. The van der Waals surface area contributed by atoms with Crippen molar-refractivity contribution in [3.05, 3.63) is 54.0 Å². The van der Waals surface area contributed by atoms with Gasteiger partial charge in [-0.2, -0.15) is 0 Å². The molecule has 0 radical (unpaired) electrons. The topological polar surface area (TPSA) is 62.5 Å². The van der Waals surface area contributed by atoms with Crippen molar-refractivity contribution in [2.45, 2.75) is 6.54 Å². The van der Waals surface area contributed by atoms with Crippen LogP contribution >= 0.6 is 0 Å². The molecule has 0 fully saturated rings. The Kier molecular flexibility index (Phi) is 2.91. The van der Waals surface area contributed by atoms with Crippen molar-refractivity contribution in [3.63, 3.8) is 0 Å². The highest BCUT2D eigenvalue weighted by molar-refractivity contribution is 5.88. The van der Waals surface area contributed by atoms with Crippen molar-refractivity contribution in [1.82, 2.24) is 0 Å². The fourth-order valence-electron chi connectivity index (χ4n) is 1.36. The Morgan fingerprint density at radius 1 is 1.38 bits per heavy atom. The van der Waals surface area contributed by atoms with Crippen LogP contribution in [0.4, 0.5) is 5.69 Å². The lowest BCUT2D eigenvalue weighted by Gasteiger charge is -2.05. The molecule has 2 aromatic rings. The molecule has 4 nitrogen and oxygen atoms in total. The number of carboxylic acids is 1. The first kappa shape index (κ1) is 10.3. The molecule has 0 atom stereocenters. The average molecular weight is 217 g/mol. The molecule has 0 spiro atoms. The number of hydrogen-bond acceptors (Lipinski definition) is 3. The molecule has 1 heterocycles. The third-order valence-electron chi connectivity index (χ3n) is 2.19. The molecular formula is C12H11NO3. The van der Waals surface area contributed by atoms with Gasteiger partial charge in [-0.1, -0.05) is 6.07 Å². The van der Waals surface area contributed by atoms with Gasteiger partial charge >= 0.3 is 5.97 Å². The highest BCUT2D eigenvalue weighted by Gasteiger charge is 2.02. The van der Waals surface area contributed by atoms with Crippen molar-refractivity contribution in [1.29, 1.82) is 0 Å². The second-order valence-electron chi connectivity index (χ2n) is 3.37. The minimum Gasteiger partial charge on any atom is -0.478 e. The van der Waals surface area contributed by atoms with Crippen LogP contribution in [-0.2, 0) is 6.54 Å². The van der Waals surface area contributed by atoms with Crippen molar-refractivity contribution < 1.29 is 14.3 Å². The molecule has 2 N–H and O–H groups in total. The average Bonchev–Trinajstić information content (AvgIpc) is 2.79. The van der Waals surface area contributed by atoms with Crippen LogP contribution in [0.5, 0.6) is 0 Å². The summed E-state index contributed by atoms with van der Waals surface area (Å²) in [5.41, 5.74) is 2.07. The van der Waals surface area contributed by atoms with Gasteiger partial charge in [-0.25, -0.2) is 4.79 Å². The van der Waals surface area contributed by atoms with Crippen LogP contribution in [0.15, 0.2) is 47.3 Å². The Morgan fingerprint density at radius 2 is 2.25 bits per heavy atom. The van der Waals surface area contributed by atoms with E-state index in [0.29, 0.717) is 6.54 Å². The summed E-state index contributed by atoms with van der Waals surface area (Å²) in [5.74, 6) is -0.924. The van der Waals surface area contributed by atoms with Crippen LogP contribution in [0.1, 0.15) is 15.9 Å². The predicted octanol–water partition coefficient (Wildman–Crippen LogP) is 2.59. The van der Waals surface area contributed by atoms with Gasteiger partial charge in [0.1, 0.15) is 0 Å². The van der Waals surface area contributed by atoms with Crippen LogP contribution in [0.3, 0.4) is 0 Å². The lowest BCUT2D eigenvalue weighted by Crippen LogP contribution is -2.01. The minimum absolute atomic E-state index is 0.275. The summed E-state index contributed by atoms with van der Waals surface area (Å²) in [6, 6.07) is 8.55. The van der Waals surface area contributed by atoms with Crippen molar-refractivity contribution in [2.24, 2.45) is 0 Å². The molecule has 1 aromatic carbocycles. The normalized spacial score (nSPS) is 10.0. The molecule has 0 amide bonds. The van der Waals surface area contributed by atoms with E-state index in [-0.39, 0.29) is 5.56 Å². The summed E-state index contributed by atoms with van der Waals surface area (Å²) in [6.45, 7) is 0.611. The highest BCUT2D eigenvalue weighted by atomic mass is 16.4. The zero-order chi connectivity index (χ0) is 11.4. The van der Waals surface area contributed by atoms with Gasteiger partial charge in [-0.3, -0.25) is 0 Å². The standard InChI is InChI=1S/C12H11NO3/c14-12(15)10-2-1-3-11(6-10)13-7-9-4-5-16-8-9/h1-6,8,13H,7H2,(H,14,15). The third kappa shape index (κ3) is 2.42. The van der Waals surface area contributed by atoms with E-state index in [2.05, 4.69) is 5.32 Å². The second kappa shape index (κ2) is 4.53. The Labute approximate surface area is 92.5 Å². The maximum absolute atomic E-state index is 10.7. The highest BCUT2D eigenvalue weighted by Crippen LogP contribution is 2.12. The minimum atomic E-state index is -0.924. The van der Waals surface area contributed by atoms with E-state index in [9.17, 15) is 4.79 Å². The molecule has 0 saturated heterocycles. The lowest BCUT2D eigenvalue weighted by atomic mass is 10.2. The summed E-state index contributed by atoms with van der Waals surface area (Å²) in [5, 5.41) is 11.9. The predicted molar refractivity (Wildman–Crippen MR) is 59.4 cm³/mol. The number of rotatable bonds is 4. The molecule has 0 unspecified atom stereocenters. The van der Waals surface area contributed by atoms with E-state index in [0.717, 1.165) is 11.3 Å². The molecule has 82 valence electrons. The fraction of sp³-hybridized carbons (Fsp3) is 0.0833. The second-order valence-corrected chi connectivity index (χ2v) is 3.37. The van der Waals surface area contributed by atoms with Gasteiger partial charge in [-0.15, -0.1) is 0 Å². The van der Waals surface area contributed by atoms with E-state index in [4.69, 9.17) is 9.52 Å². The number of carbonyl (C=O) groups is 1. The first-order chi connectivity index (χ1) is 7.75. The van der Waals surface area contributed by atoms with Crippen LogP contribution in [0, 0.1) is 0 Å². The number of anilines is 1. The SMILES string of the molecule is O=C(O)c1cccc(NCc2ccoc2)c1. The number of nitrogens with one attached hydrogen (secondary N) is 1. The Balaban J connectivity index is 2.04. The summed E-state index contributed by atoms with van der Waals surface area (Å²) >= 11 is 0. The van der Waals surface area contributed by atoms with Gasteiger partial charge in [0.15, 0.2) is 0 Å². The zero-order valence-electron chi connectivity index (χ0n) is 8.51. The molecule has 16 heavy (non-hydrogen) atoms. The summed E-state index contributed by atoms with van der Waals surface area (Å²) < 4.78 is 4.93. The molecule has 0 aliphatic heterocycles. The van der Waals surface area contributed by atoms with Gasteiger partial charge in [-0.05, 0) is 24.3 Å². The van der Waals surface area contributed by atoms with E-state index < -0.39 is 5.97 Å². The summed E-state index contributed by atoms with van der Waals surface area (Å²) in [4.78, 5) is 10.7. The van der Waals surface area contributed by atoms with Crippen molar-refractivity contribution in [2.75, 3.05) is 5.32 Å². The number of carboxylic acid groups (broad SMARTS) is 1. The fourth-order valence-corrected chi connectivity index (χ4v) is 1.36. The molecular weight excluding hydrogens is 206 g/mol. The van der Waals surface area contributed by atoms with Crippen LogP contribution in [-0.4, -0.2) is 11.1 Å². The molecule has 4 heteroatoms. The van der Waals surface area contributed by atoms with E-state index in [1.165, 1.54) is 0 Å². The summed E-state index contributed by atoms with van der Waals surface area (Å²) in [6.07, 6.45) is 3.25. The zero-order valence-corrected chi connectivity index (χ0v) is 8.51. The first-order valence-corrected chi connectivity index (χ1v) is 4.84. The first-order valence-electron chi connectivity index (χ1n) is 4.84. The van der Waals surface area contributed by atoms with Gasteiger partial charge in [0, 0.05) is 17.8 Å². The van der Waals surface area contributed by atoms with Gasteiger partial charge in [0.2, 0.25) is 0 Å². The largest absolute Gasteiger partial charge is 0.478 e. The molecule has 2 rings (SSSR count). The Morgan fingerprint density at radius 3 is 2.94 bits per heavy atom. The van der Waals surface area contributed by atoms with Crippen molar-refractivity contribution in [3.8, 4) is 0 Å². The van der Waals surface area contributed by atoms with Gasteiger partial charge < -0.3 is 14.8 Å². The lowest BCUT2D eigenvalue weighted by molar-refractivity contribution is 0.0697.